The average Bonchev–Trinajstić information content (AvgIpc) is 3.49. The number of carbonyl (C=O) groups excluding carboxylic acids is 1. The maximum atomic E-state index is 13.1. The summed E-state index contributed by atoms with van der Waals surface area (Å²) in [6.45, 7) is 6.11. The highest BCUT2D eigenvalue weighted by Gasteiger charge is 2.23. The molecule has 0 bridgehead atoms. The lowest BCUT2D eigenvalue weighted by Crippen LogP contribution is -2.27. The number of amides is 1. The smallest absolute Gasteiger partial charge is 0.269 e. The third-order valence-corrected chi connectivity index (χ3v) is 5.39. The van der Waals surface area contributed by atoms with Gasteiger partial charge in [0.2, 0.25) is 0 Å². The van der Waals surface area contributed by atoms with E-state index in [2.05, 4.69) is 27.2 Å². The second-order valence-electron chi connectivity index (χ2n) is 6.52. The fraction of sp³-hybridized carbons (Fsp3) is 0.261. The van der Waals surface area contributed by atoms with Crippen LogP contribution in [0, 0.1) is 0 Å². The molecule has 0 radical (unpaired) electrons. The van der Waals surface area contributed by atoms with Gasteiger partial charge in [-0.2, -0.15) is 0 Å². The fourth-order valence-corrected chi connectivity index (χ4v) is 3.72. The van der Waals surface area contributed by atoms with Crippen LogP contribution >= 0.6 is 11.8 Å². The molecule has 1 aromatic heterocycles. The summed E-state index contributed by atoms with van der Waals surface area (Å²) < 4.78 is 10.6. The van der Waals surface area contributed by atoms with Crippen molar-refractivity contribution in [2.24, 2.45) is 9.98 Å². The molecule has 32 heavy (non-hydrogen) atoms. The molecule has 0 spiro atoms. The number of nitrogens with one attached hydrogen (secondary N) is 2. The van der Waals surface area contributed by atoms with Gasteiger partial charge in [0.1, 0.15) is 17.3 Å². The molecule has 1 aliphatic rings. The van der Waals surface area contributed by atoms with Crippen molar-refractivity contribution < 1.29 is 13.9 Å². The summed E-state index contributed by atoms with van der Waals surface area (Å²) in [6, 6.07) is 3.73. The number of methoxy groups -OCH3 is 1. The van der Waals surface area contributed by atoms with E-state index in [1.54, 1.807) is 52.2 Å². The lowest BCUT2D eigenvalue weighted by Gasteiger charge is -2.13. The van der Waals surface area contributed by atoms with E-state index in [-0.39, 0.29) is 5.91 Å². The number of furan rings is 1. The van der Waals surface area contributed by atoms with Crippen molar-refractivity contribution in [2.75, 3.05) is 27.0 Å². The van der Waals surface area contributed by atoms with E-state index in [4.69, 9.17) is 9.15 Å². The minimum Gasteiger partial charge on any atom is -0.497 e. The number of ether oxygens (including phenoxy) is 1. The Kier molecular flexibility index (Phi) is 10.1. The highest BCUT2D eigenvalue weighted by molar-refractivity contribution is 8.04. The largest absolute Gasteiger partial charge is 0.497 e. The van der Waals surface area contributed by atoms with Gasteiger partial charge in [-0.15, -0.1) is 11.8 Å². The standard InChI is InChI=1S/C23H29N5O3S/c1-6-20(30-5)17(2)9-10-28(16-25-4)23(29)21-12-18(14-32-21)22(27-15-24-3)26-13-19-8-7-11-31-19/h6-12,15-16,26H,1,13-14H2,2-5H3,(H,24,27)/b10-9+,20-17+,22-18-,25-16?. The average molecular weight is 456 g/mol. The summed E-state index contributed by atoms with van der Waals surface area (Å²) >= 11 is 1.46. The number of nitrogens with zero attached hydrogens (tertiary/aromatic N) is 3. The Morgan fingerprint density at radius 3 is 2.84 bits per heavy atom. The number of allylic oxidation sites excluding steroid dienone is 4. The maximum Gasteiger partial charge on any atom is 0.269 e. The summed E-state index contributed by atoms with van der Waals surface area (Å²) in [5.74, 6) is 2.67. The Balaban J connectivity index is 2.24. The molecule has 8 nitrogen and oxygen atoms in total. The van der Waals surface area contributed by atoms with Crippen LogP contribution < -0.4 is 10.6 Å². The van der Waals surface area contributed by atoms with Gasteiger partial charge in [0.15, 0.2) is 0 Å². The predicted octanol–water partition coefficient (Wildman–Crippen LogP) is 3.57. The molecular weight excluding hydrogens is 426 g/mol. The van der Waals surface area contributed by atoms with Crippen LogP contribution in [-0.2, 0) is 16.1 Å². The highest BCUT2D eigenvalue weighted by Crippen LogP contribution is 2.31. The van der Waals surface area contributed by atoms with E-state index < -0.39 is 0 Å². The predicted molar refractivity (Wildman–Crippen MR) is 131 cm³/mol. The molecule has 0 unspecified atom stereocenters. The molecule has 2 N–H and O–H groups in total. The second kappa shape index (κ2) is 13.1. The number of aliphatic imine (C=N–C) groups is 2. The van der Waals surface area contributed by atoms with Crippen LogP contribution in [0.25, 0.3) is 0 Å². The lowest BCUT2D eigenvalue weighted by atomic mass is 10.2. The Labute approximate surface area is 193 Å². The Morgan fingerprint density at radius 2 is 2.22 bits per heavy atom. The monoisotopic (exact) mass is 455 g/mol. The number of carbonyl (C=O) groups is 1. The number of hydrogen-bond acceptors (Lipinski definition) is 7. The van der Waals surface area contributed by atoms with Gasteiger partial charge >= 0.3 is 0 Å². The van der Waals surface area contributed by atoms with E-state index in [0.29, 0.717) is 23.0 Å². The van der Waals surface area contributed by atoms with Crippen LogP contribution in [0.1, 0.15) is 12.7 Å². The van der Waals surface area contributed by atoms with Crippen LogP contribution in [0.3, 0.4) is 0 Å². The van der Waals surface area contributed by atoms with Crippen molar-refractivity contribution in [1.29, 1.82) is 0 Å². The van der Waals surface area contributed by atoms with Crippen LogP contribution in [-0.4, -0.2) is 50.4 Å². The van der Waals surface area contributed by atoms with Crippen LogP contribution in [0.15, 0.2) is 91.4 Å². The quantitative estimate of drug-likeness (QED) is 0.229. The normalized spacial score (nSPS) is 16.3. The molecular formula is C23H29N5O3S. The Hall–Kier alpha value is -3.46. The first-order chi connectivity index (χ1) is 15.5. The molecule has 9 heteroatoms. The van der Waals surface area contributed by atoms with Crippen LogP contribution in [0.4, 0.5) is 0 Å². The summed E-state index contributed by atoms with van der Waals surface area (Å²) in [6.07, 6.45) is 11.6. The number of hydrogen-bond donors (Lipinski definition) is 2. The van der Waals surface area contributed by atoms with E-state index in [9.17, 15) is 4.79 Å². The van der Waals surface area contributed by atoms with Gasteiger partial charge in [-0.25, -0.2) is 0 Å². The van der Waals surface area contributed by atoms with E-state index in [0.717, 1.165) is 22.7 Å². The molecule has 0 aromatic carbocycles. The fourth-order valence-electron chi connectivity index (χ4n) is 2.73. The van der Waals surface area contributed by atoms with Gasteiger partial charge < -0.3 is 19.8 Å². The second-order valence-corrected chi connectivity index (χ2v) is 7.54. The molecule has 1 amide bonds. The summed E-state index contributed by atoms with van der Waals surface area (Å²) in [7, 11) is 4.88. The molecule has 170 valence electrons. The third-order valence-electron chi connectivity index (χ3n) is 4.33. The third kappa shape index (κ3) is 7.05. The SMILES string of the molecule is C=C/C(OC)=C(C)\C=C\N(C=NC)C(=O)C1=C/C(=C(/NC=NC)NCc2ccco2)CS1. The molecule has 2 rings (SSSR count). The Morgan fingerprint density at radius 1 is 1.41 bits per heavy atom. The van der Waals surface area contributed by atoms with Gasteiger partial charge in [0.25, 0.3) is 5.91 Å². The van der Waals surface area contributed by atoms with Gasteiger partial charge in [0, 0.05) is 31.6 Å². The Bertz CT molecular complexity index is 972. The van der Waals surface area contributed by atoms with Crippen LogP contribution in [0.5, 0.6) is 0 Å². The molecule has 2 heterocycles. The first-order valence-electron chi connectivity index (χ1n) is 9.85. The van der Waals surface area contributed by atoms with E-state index in [1.165, 1.54) is 23.0 Å². The van der Waals surface area contributed by atoms with Crippen LogP contribution in [0.2, 0.25) is 0 Å². The molecule has 0 atom stereocenters. The zero-order valence-corrected chi connectivity index (χ0v) is 19.6. The maximum absolute atomic E-state index is 13.1. The molecule has 1 aromatic rings. The van der Waals surface area contributed by atoms with Gasteiger partial charge in [-0.1, -0.05) is 6.58 Å². The van der Waals surface area contributed by atoms with Crippen molar-refractivity contribution in [3.05, 3.63) is 82.8 Å². The first kappa shape index (κ1) is 24.8. The molecule has 0 fully saturated rings. The van der Waals surface area contributed by atoms with Gasteiger partial charge in [-0.05, 0) is 42.9 Å². The lowest BCUT2D eigenvalue weighted by molar-refractivity contribution is -0.120. The molecule has 0 saturated heterocycles. The summed E-state index contributed by atoms with van der Waals surface area (Å²) in [4.78, 5) is 23.1. The topological polar surface area (TPSA) is 91.5 Å². The molecule has 0 saturated carbocycles. The van der Waals surface area contributed by atoms with E-state index in [1.807, 2.05) is 25.1 Å². The summed E-state index contributed by atoms with van der Waals surface area (Å²) in [5, 5.41) is 6.44. The van der Waals surface area contributed by atoms with E-state index >= 15 is 0 Å². The van der Waals surface area contributed by atoms with Gasteiger partial charge in [-0.3, -0.25) is 19.7 Å². The number of rotatable bonds is 11. The van der Waals surface area contributed by atoms with Crippen molar-refractivity contribution in [1.82, 2.24) is 15.5 Å². The molecule has 0 aliphatic carbocycles. The zero-order chi connectivity index (χ0) is 23.3. The highest BCUT2D eigenvalue weighted by atomic mass is 32.2. The van der Waals surface area contributed by atoms with Crippen molar-refractivity contribution in [3.63, 3.8) is 0 Å². The number of thioether (sulfide) groups is 1. The minimum atomic E-state index is -0.174. The van der Waals surface area contributed by atoms with Crippen molar-refractivity contribution in [3.8, 4) is 0 Å². The zero-order valence-electron chi connectivity index (χ0n) is 18.8. The van der Waals surface area contributed by atoms with Gasteiger partial charge in [0.05, 0.1) is 37.5 Å². The van der Waals surface area contributed by atoms with Crippen molar-refractivity contribution in [2.45, 2.75) is 13.5 Å². The molecule has 1 aliphatic heterocycles. The minimum absolute atomic E-state index is 0.174. The summed E-state index contributed by atoms with van der Waals surface area (Å²) in [5.41, 5.74) is 1.79. The first-order valence-corrected chi connectivity index (χ1v) is 10.8. The van der Waals surface area contributed by atoms with Crippen molar-refractivity contribution >= 4 is 30.3 Å².